The summed E-state index contributed by atoms with van der Waals surface area (Å²) in [5.41, 5.74) is 1.66. The van der Waals surface area contributed by atoms with Crippen LogP contribution in [0.1, 0.15) is 24.4 Å². The molecular formula is C23H21FN4O3. The summed E-state index contributed by atoms with van der Waals surface area (Å²) in [6.07, 6.45) is 2.64. The molecule has 5 rings (SSSR count). The summed E-state index contributed by atoms with van der Waals surface area (Å²) in [5, 5.41) is 8.86. The third-order valence-corrected chi connectivity index (χ3v) is 5.69. The van der Waals surface area contributed by atoms with Crippen LogP contribution < -0.4 is 0 Å². The predicted octanol–water partition coefficient (Wildman–Crippen LogP) is 4.04. The first kappa shape index (κ1) is 19.4. The molecule has 2 aromatic heterocycles. The van der Waals surface area contributed by atoms with Crippen LogP contribution in [0.4, 0.5) is 4.39 Å². The lowest BCUT2D eigenvalue weighted by Gasteiger charge is -2.32. The molecule has 1 fully saturated rings. The maximum atomic E-state index is 14.0. The van der Waals surface area contributed by atoms with Crippen molar-refractivity contribution in [3.05, 3.63) is 65.9 Å². The van der Waals surface area contributed by atoms with Crippen LogP contribution in [-0.4, -0.2) is 39.2 Å². The van der Waals surface area contributed by atoms with Crippen LogP contribution >= 0.6 is 0 Å². The lowest BCUT2D eigenvalue weighted by Crippen LogP contribution is -2.41. The molecule has 0 N–H and O–H groups in total. The van der Waals surface area contributed by atoms with E-state index in [0.29, 0.717) is 35.7 Å². The third-order valence-electron chi connectivity index (χ3n) is 5.69. The number of aromatic nitrogens is 3. The number of carbonyl (C=O) groups is 1. The molecule has 2 aromatic carbocycles. The number of fused-ring (bicyclic) bond motifs is 1. The Kier molecular flexibility index (Phi) is 5.19. The number of rotatable bonds is 5. The average molecular weight is 420 g/mol. The minimum atomic E-state index is -0.385. The Labute approximate surface area is 177 Å². The fourth-order valence-electron chi connectivity index (χ4n) is 4.12. The van der Waals surface area contributed by atoms with Crippen LogP contribution in [0.25, 0.3) is 22.4 Å². The number of likely N-dealkylation sites (tertiary alicyclic amines) is 1. The van der Waals surface area contributed by atoms with Gasteiger partial charge in [0.2, 0.25) is 17.6 Å². The molecule has 0 radical (unpaired) electrons. The summed E-state index contributed by atoms with van der Waals surface area (Å²) in [6.45, 7) is 1.33. The number of amides is 1. The van der Waals surface area contributed by atoms with Crippen molar-refractivity contribution in [2.45, 2.75) is 25.7 Å². The molecule has 1 atom stereocenters. The van der Waals surface area contributed by atoms with Crippen molar-refractivity contribution in [3.8, 4) is 11.4 Å². The van der Waals surface area contributed by atoms with E-state index in [0.717, 1.165) is 24.8 Å². The van der Waals surface area contributed by atoms with Crippen LogP contribution in [0.3, 0.4) is 0 Å². The van der Waals surface area contributed by atoms with E-state index in [1.54, 1.807) is 18.2 Å². The van der Waals surface area contributed by atoms with E-state index in [9.17, 15) is 9.18 Å². The summed E-state index contributed by atoms with van der Waals surface area (Å²) < 4.78 is 24.6. The number of para-hydroxylation sites is 1. The Morgan fingerprint density at radius 3 is 2.84 bits per heavy atom. The summed E-state index contributed by atoms with van der Waals surface area (Å²) >= 11 is 0. The molecule has 8 heteroatoms. The van der Waals surface area contributed by atoms with E-state index in [1.807, 2.05) is 29.2 Å². The zero-order chi connectivity index (χ0) is 21.2. The van der Waals surface area contributed by atoms with Crippen LogP contribution in [-0.2, 0) is 17.6 Å². The number of piperidine rings is 1. The van der Waals surface area contributed by atoms with Gasteiger partial charge in [0.05, 0.1) is 12.0 Å². The highest BCUT2D eigenvalue weighted by Crippen LogP contribution is 2.25. The van der Waals surface area contributed by atoms with Crippen molar-refractivity contribution in [2.24, 2.45) is 5.92 Å². The van der Waals surface area contributed by atoms with Gasteiger partial charge in [0.1, 0.15) is 11.5 Å². The van der Waals surface area contributed by atoms with Crippen LogP contribution in [0, 0.1) is 11.7 Å². The first-order valence-corrected chi connectivity index (χ1v) is 10.4. The molecule has 0 bridgehead atoms. The molecule has 0 saturated carbocycles. The predicted molar refractivity (Wildman–Crippen MR) is 110 cm³/mol. The number of hydrogen-bond acceptors (Lipinski definition) is 6. The van der Waals surface area contributed by atoms with Crippen molar-refractivity contribution in [2.75, 3.05) is 13.1 Å². The smallest absolute Gasteiger partial charge is 0.228 e. The molecule has 0 aliphatic carbocycles. The van der Waals surface area contributed by atoms with Gasteiger partial charge >= 0.3 is 0 Å². The number of halogens is 1. The zero-order valence-corrected chi connectivity index (χ0v) is 16.8. The molecule has 1 amide bonds. The van der Waals surface area contributed by atoms with Crippen molar-refractivity contribution in [3.63, 3.8) is 0 Å². The van der Waals surface area contributed by atoms with Gasteiger partial charge in [0.15, 0.2) is 5.58 Å². The first-order chi connectivity index (χ1) is 15.2. The fourth-order valence-corrected chi connectivity index (χ4v) is 4.12. The van der Waals surface area contributed by atoms with Gasteiger partial charge in [0.25, 0.3) is 0 Å². The van der Waals surface area contributed by atoms with Gasteiger partial charge in [-0.1, -0.05) is 34.6 Å². The summed E-state index contributed by atoms with van der Waals surface area (Å²) in [6, 6.07) is 13.9. The summed E-state index contributed by atoms with van der Waals surface area (Å²) in [7, 11) is 0. The lowest BCUT2D eigenvalue weighted by molar-refractivity contribution is -0.132. The van der Waals surface area contributed by atoms with Crippen LogP contribution in [0.5, 0.6) is 0 Å². The topological polar surface area (TPSA) is 85.3 Å². The molecule has 0 unspecified atom stereocenters. The minimum absolute atomic E-state index is 0.0290. The van der Waals surface area contributed by atoms with E-state index < -0.39 is 0 Å². The minimum Gasteiger partial charge on any atom is -0.356 e. The maximum absolute atomic E-state index is 14.0. The second-order valence-corrected chi connectivity index (χ2v) is 7.85. The van der Waals surface area contributed by atoms with Crippen molar-refractivity contribution < 1.29 is 18.2 Å². The van der Waals surface area contributed by atoms with Crippen molar-refractivity contribution >= 4 is 16.9 Å². The molecule has 3 heterocycles. The Morgan fingerprint density at radius 1 is 1.10 bits per heavy atom. The molecule has 1 aliphatic heterocycles. The number of hydrogen-bond donors (Lipinski definition) is 0. The van der Waals surface area contributed by atoms with E-state index in [1.165, 1.54) is 6.07 Å². The Bertz CT molecular complexity index is 1220. The molecule has 31 heavy (non-hydrogen) atoms. The van der Waals surface area contributed by atoms with Gasteiger partial charge in [0, 0.05) is 24.9 Å². The van der Waals surface area contributed by atoms with E-state index in [4.69, 9.17) is 9.05 Å². The Morgan fingerprint density at radius 2 is 1.94 bits per heavy atom. The Hall–Kier alpha value is -3.55. The number of nitrogens with zero attached hydrogens (tertiary/aromatic N) is 4. The lowest BCUT2D eigenvalue weighted by atomic mass is 9.94. The average Bonchev–Trinajstić information content (AvgIpc) is 3.42. The molecular weight excluding hydrogens is 399 g/mol. The second kappa shape index (κ2) is 8.29. The van der Waals surface area contributed by atoms with Crippen molar-refractivity contribution in [1.29, 1.82) is 0 Å². The summed E-state index contributed by atoms with van der Waals surface area (Å²) in [4.78, 5) is 19.1. The molecule has 7 nitrogen and oxygen atoms in total. The normalized spacial score (nSPS) is 16.7. The maximum Gasteiger partial charge on any atom is 0.228 e. The van der Waals surface area contributed by atoms with Crippen molar-refractivity contribution in [1.82, 2.24) is 20.2 Å². The monoisotopic (exact) mass is 420 g/mol. The molecule has 4 aromatic rings. The Balaban J connectivity index is 1.23. The highest BCUT2D eigenvalue weighted by molar-refractivity contribution is 5.86. The quantitative estimate of drug-likeness (QED) is 0.484. The molecule has 1 aliphatic rings. The third kappa shape index (κ3) is 4.05. The van der Waals surface area contributed by atoms with Gasteiger partial charge in [-0.2, -0.15) is 4.98 Å². The van der Waals surface area contributed by atoms with Gasteiger partial charge in [-0.15, -0.1) is 0 Å². The highest BCUT2D eigenvalue weighted by atomic mass is 19.1. The van der Waals surface area contributed by atoms with E-state index in [-0.39, 0.29) is 29.9 Å². The molecule has 0 spiro atoms. The number of carbonyl (C=O) groups excluding carboxylic acids is 1. The highest BCUT2D eigenvalue weighted by Gasteiger charge is 2.27. The van der Waals surface area contributed by atoms with E-state index >= 15 is 0 Å². The van der Waals surface area contributed by atoms with Gasteiger partial charge in [-0.3, -0.25) is 4.79 Å². The fraction of sp³-hybridized carbons (Fsp3) is 0.304. The summed E-state index contributed by atoms with van der Waals surface area (Å²) in [5.74, 6) is 0.557. The van der Waals surface area contributed by atoms with Gasteiger partial charge in [-0.25, -0.2) is 4.39 Å². The largest absolute Gasteiger partial charge is 0.356 e. The molecule has 158 valence electrons. The van der Waals surface area contributed by atoms with Gasteiger partial charge < -0.3 is 13.9 Å². The van der Waals surface area contributed by atoms with Crippen LogP contribution in [0.15, 0.2) is 57.6 Å². The van der Waals surface area contributed by atoms with E-state index in [2.05, 4.69) is 15.3 Å². The first-order valence-electron chi connectivity index (χ1n) is 10.4. The number of benzene rings is 2. The molecule has 1 saturated heterocycles. The van der Waals surface area contributed by atoms with Crippen LogP contribution in [0.2, 0.25) is 0 Å². The zero-order valence-electron chi connectivity index (χ0n) is 16.8. The standard InChI is InChI=1S/C23H21FN4O3/c24-18-9-3-1-7-16(18)23-25-21(31-27-23)12-15-6-5-11-28(14-15)22(29)13-19-17-8-2-4-10-20(17)30-26-19/h1-4,7-10,15H,5-6,11-14H2/t15-/m0/s1. The second-order valence-electron chi connectivity index (χ2n) is 7.85. The van der Waals surface area contributed by atoms with Gasteiger partial charge in [-0.05, 0) is 43.0 Å². The SMILES string of the molecule is O=C(Cc1noc2ccccc12)N1CCC[C@@H](Cc2nc(-c3ccccc3F)no2)C1.